The van der Waals surface area contributed by atoms with Crippen LogP contribution in [0.4, 0.5) is 0 Å². The van der Waals surface area contributed by atoms with Crippen LogP contribution < -0.4 is 9.97 Å². The van der Waals surface area contributed by atoms with E-state index < -0.39 is 25.3 Å². The van der Waals surface area contributed by atoms with Crippen molar-refractivity contribution in [2.75, 3.05) is 0 Å². The van der Waals surface area contributed by atoms with E-state index in [1.165, 1.54) is 13.0 Å². The number of benzene rings is 1. The maximum Gasteiger partial charge on any atom is 0.547 e. The Morgan fingerprint density at radius 3 is 2.67 bits per heavy atom. The van der Waals surface area contributed by atoms with E-state index in [0.717, 1.165) is 0 Å². The molecule has 7 nitrogen and oxygen atoms in total. The average molecular weight is 376 g/mol. The highest BCUT2D eigenvalue weighted by molar-refractivity contribution is 6.47. The third-order valence-corrected chi connectivity index (χ3v) is 4.42. The Morgan fingerprint density at radius 2 is 2.08 bits per heavy atom. The quantitative estimate of drug-likeness (QED) is 0.446. The number of Topliss-reactive ketones (excluding diaryl/α,β-unsaturated/α-hetero) is 1. The van der Waals surface area contributed by atoms with E-state index in [2.05, 4.69) is 5.32 Å². The maximum absolute atomic E-state index is 11.8. The van der Waals surface area contributed by atoms with Gasteiger partial charge in [-0.15, -0.1) is 0 Å². The lowest BCUT2D eigenvalue weighted by atomic mass is 9.72. The van der Waals surface area contributed by atoms with Gasteiger partial charge in [-0.2, -0.15) is 0 Å². The van der Waals surface area contributed by atoms with Crippen LogP contribution in [-0.4, -0.2) is 40.0 Å². The molecule has 1 aromatic rings. The SMILES string of the molecule is CC(=O)CCC(=O)N[C@H]1Cc2cc(Cl)c(Cl)c(C(O)O)c2OB1O. The van der Waals surface area contributed by atoms with Gasteiger partial charge in [0.05, 0.1) is 21.5 Å². The topological polar surface area (TPSA) is 116 Å². The number of aliphatic hydroxyl groups is 2. The van der Waals surface area contributed by atoms with Gasteiger partial charge in [-0.05, 0) is 25.0 Å². The Hall–Kier alpha value is -1.32. The summed E-state index contributed by atoms with van der Waals surface area (Å²) < 4.78 is 5.31. The van der Waals surface area contributed by atoms with Crippen molar-refractivity contribution in [3.63, 3.8) is 0 Å². The van der Waals surface area contributed by atoms with Gasteiger partial charge in [-0.25, -0.2) is 0 Å². The summed E-state index contributed by atoms with van der Waals surface area (Å²) in [5.74, 6) is -1.25. The molecule has 1 aromatic carbocycles. The molecule has 0 spiro atoms. The largest absolute Gasteiger partial charge is 0.547 e. The molecule has 10 heteroatoms. The second-order valence-corrected chi connectivity index (χ2v) is 6.32. The molecule has 0 aliphatic carbocycles. The standard InChI is InChI=1S/C14H16BCl2NO6/c1-6(19)2-3-10(20)18-9-5-7-4-8(16)12(17)11(14(21)22)13(7)24-15(9)23/h4,9,14,21-23H,2-3,5H2,1H3,(H,18,20)/t9-/m0/s1. The zero-order valence-corrected chi connectivity index (χ0v) is 14.3. The second-order valence-electron chi connectivity index (χ2n) is 5.54. The van der Waals surface area contributed by atoms with Crippen molar-refractivity contribution in [1.82, 2.24) is 5.32 Å². The van der Waals surface area contributed by atoms with Crippen molar-refractivity contribution in [2.45, 2.75) is 38.4 Å². The lowest BCUT2D eigenvalue weighted by molar-refractivity contribution is -0.124. The molecule has 4 N–H and O–H groups in total. The van der Waals surface area contributed by atoms with Gasteiger partial charge in [-0.3, -0.25) is 4.79 Å². The third-order valence-electron chi connectivity index (χ3n) is 3.61. The Morgan fingerprint density at radius 1 is 1.42 bits per heavy atom. The molecule has 130 valence electrons. The minimum atomic E-state index is -1.93. The maximum atomic E-state index is 11.8. The lowest BCUT2D eigenvalue weighted by Crippen LogP contribution is -2.53. The molecule has 1 aliphatic heterocycles. The monoisotopic (exact) mass is 375 g/mol. The van der Waals surface area contributed by atoms with Crippen molar-refractivity contribution >= 4 is 42.0 Å². The van der Waals surface area contributed by atoms with Crippen molar-refractivity contribution < 1.29 is 29.5 Å². The first-order valence-electron chi connectivity index (χ1n) is 7.21. The number of hydrogen-bond acceptors (Lipinski definition) is 6. The second kappa shape index (κ2) is 7.71. The molecule has 0 bridgehead atoms. The van der Waals surface area contributed by atoms with Crippen molar-refractivity contribution in [1.29, 1.82) is 0 Å². The number of carbonyl (C=O) groups excluding carboxylic acids is 2. The molecule has 1 heterocycles. The number of halogens is 2. The molecule has 0 aromatic heterocycles. The normalized spacial score (nSPS) is 16.6. The zero-order chi connectivity index (χ0) is 18.0. The van der Waals surface area contributed by atoms with E-state index in [-0.39, 0.29) is 46.4 Å². The summed E-state index contributed by atoms with van der Waals surface area (Å²) in [7, 11) is -1.41. The molecule has 24 heavy (non-hydrogen) atoms. The van der Waals surface area contributed by atoms with Crippen LogP contribution in [0.25, 0.3) is 0 Å². The fourth-order valence-electron chi connectivity index (χ4n) is 2.44. The molecule has 0 radical (unpaired) electrons. The number of aliphatic hydroxyl groups excluding tert-OH is 1. The van der Waals surface area contributed by atoms with Crippen LogP contribution in [0.2, 0.25) is 10.0 Å². The summed E-state index contributed by atoms with van der Waals surface area (Å²) in [6.07, 6.45) is -1.67. The molecule has 0 saturated carbocycles. The molecular weight excluding hydrogens is 360 g/mol. The lowest BCUT2D eigenvalue weighted by Gasteiger charge is -2.30. The van der Waals surface area contributed by atoms with Crippen LogP contribution in [0.3, 0.4) is 0 Å². The van der Waals surface area contributed by atoms with Gasteiger partial charge in [0.25, 0.3) is 0 Å². The minimum absolute atomic E-state index is 0.00733. The Bertz CT molecular complexity index is 669. The fourth-order valence-corrected chi connectivity index (χ4v) is 2.91. The summed E-state index contributed by atoms with van der Waals surface area (Å²) >= 11 is 11.9. The predicted octanol–water partition coefficient (Wildman–Crippen LogP) is 0.785. The summed E-state index contributed by atoms with van der Waals surface area (Å²) in [6, 6.07) is 1.48. The average Bonchev–Trinajstić information content (AvgIpc) is 2.48. The van der Waals surface area contributed by atoms with Gasteiger partial charge in [0, 0.05) is 12.8 Å². The van der Waals surface area contributed by atoms with E-state index in [1.54, 1.807) is 0 Å². The number of rotatable bonds is 5. The molecule has 0 unspecified atom stereocenters. The summed E-state index contributed by atoms with van der Waals surface area (Å²) in [5.41, 5.74) is 0.328. The van der Waals surface area contributed by atoms with Gasteiger partial charge < -0.3 is 30.0 Å². The minimum Gasteiger partial charge on any atom is -0.534 e. The Balaban J connectivity index is 2.21. The summed E-state index contributed by atoms with van der Waals surface area (Å²) in [4.78, 5) is 22.7. The first kappa shape index (κ1) is 19.0. The highest BCUT2D eigenvalue weighted by atomic mass is 35.5. The van der Waals surface area contributed by atoms with Gasteiger partial charge >= 0.3 is 7.12 Å². The number of amides is 1. The van der Waals surface area contributed by atoms with E-state index in [1.807, 2.05) is 0 Å². The van der Waals surface area contributed by atoms with Crippen LogP contribution in [-0.2, 0) is 16.0 Å². The molecule has 1 aliphatic rings. The zero-order valence-electron chi connectivity index (χ0n) is 12.8. The highest BCUT2D eigenvalue weighted by Crippen LogP contribution is 2.41. The third kappa shape index (κ3) is 4.20. The first-order chi connectivity index (χ1) is 11.2. The summed E-state index contributed by atoms with van der Waals surface area (Å²) in [6.45, 7) is 1.38. The highest BCUT2D eigenvalue weighted by Gasteiger charge is 2.38. The number of fused-ring (bicyclic) bond motifs is 1. The van der Waals surface area contributed by atoms with Gasteiger partial charge in [0.2, 0.25) is 5.91 Å². The number of hydrogen-bond donors (Lipinski definition) is 4. The molecular formula is C14H16BCl2NO6. The number of carbonyl (C=O) groups is 2. The van der Waals surface area contributed by atoms with Crippen molar-refractivity contribution in [2.24, 2.45) is 0 Å². The van der Waals surface area contributed by atoms with Crippen molar-refractivity contribution in [3.8, 4) is 5.75 Å². The summed E-state index contributed by atoms with van der Waals surface area (Å²) in [5, 5.41) is 31.6. The van der Waals surface area contributed by atoms with Crippen molar-refractivity contribution in [3.05, 3.63) is 27.2 Å². The van der Waals surface area contributed by atoms with E-state index >= 15 is 0 Å². The van der Waals surface area contributed by atoms with Gasteiger partial charge in [0.1, 0.15) is 11.5 Å². The van der Waals surface area contributed by atoms with E-state index in [0.29, 0.717) is 5.56 Å². The van der Waals surface area contributed by atoms with Crippen LogP contribution in [0.5, 0.6) is 5.75 Å². The number of ketones is 1. The predicted molar refractivity (Wildman–Crippen MR) is 87.8 cm³/mol. The first-order valence-corrected chi connectivity index (χ1v) is 7.96. The Labute approximate surface area is 148 Å². The Kier molecular flexibility index (Phi) is 6.11. The molecule has 0 fully saturated rings. The molecule has 2 rings (SSSR count). The molecule has 1 atom stereocenters. The molecule has 0 saturated heterocycles. The van der Waals surface area contributed by atoms with E-state index in [4.69, 9.17) is 27.9 Å². The number of nitrogens with one attached hydrogen (secondary N) is 1. The van der Waals surface area contributed by atoms with Crippen LogP contribution in [0.15, 0.2) is 6.07 Å². The fraction of sp³-hybridized carbons (Fsp3) is 0.429. The van der Waals surface area contributed by atoms with Crippen LogP contribution in [0, 0.1) is 0 Å². The van der Waals surface area contributed by atoms with Crippen LogP contribution >= 0.6 is 23.2 Å². The molecule has 1 amide bonds. The van der Waals surface area contributed by atoms with Gasteiger partial charge in [-0.1, -0.05) is 23.2 Å². The van der Waals surface area contributed by atoms with Crippen LogP contribution in [0.1, 0.15) is 37.2 Å². The smallest absolute Gasteiger partial charge is 0.534 e. The van der Waals surface area contributed by atoms with E-state index in [9.17, 15) is 24.8 Å². The van der Waals surface area contributed by atoms with Gasteiger partial charge in [0.15, 0.2) is 6.29 Å².